The van der Waals surface area contributed by atoms with E-state index in [1.165, 1.54) is 6.92 Å². The largest absolute Gasteiger partial charge is 0.478 e. The van der Waals surface area contributed by atoms with E-state index >= 15 is 0 Å². The molecule has 0 fully saturated rings. The van der Waals surface area contributed by atoms with E-state index in [-0.39, 0.29) is 29.3 Å². The van der Waals surface area contributed by atoms with Gasteiger partial charge in [0.15, 0.2) is 0 Å². The number of sulfonamides is 1. The molecule has 0 saturated heterocycles. The highest BCUT2D eigenvalue weighted by Gasteiger charge is 2.22. The lowest BCUT2D eigenvalue weighted by molar-refractivity contribution is -0.142. The molecule has 1 aromatic rings. The highest BCUT2D eigenvalue weighted by Crippen LogP contribution is 2.25. The molecule has 2 N–H and O–H groups in total. The number of esters is 1. The summed E-state index contributed by atoms with van der Waals surface area (Å²) < 4.78 is 34.1. The summed E-state index contributed by atoms with van der Waals surface area (Å²) in [7, 11) is -3.83. The third-order valence-corrected chi connectivity index (χ3v) is 4.44. The Labute approximate surface area is 120 Å². The van der Waals surface area contributed by atoms with Gasteiger partial charge in [0.05, 0.1) is 24.5 Å². The second kappa shape index (κ2) is 6.66. The van der Waals surface area contributed by atoms with Gasteiger partial charge in [-0.2, -0.15) is 4.37 Å². The molecule has 1 rings (SSSR count). The van der Waals surface area contributed by atoms with E-state index in [9.17, 15) is 18.0 Å². The van der Waals surface area contributed by atoms with Crippen LogP contribution < -0.4 is 4.72 Å². The molecule has 0 aliphatic rings. The van der Waals surface area contributed by atoms with Gasteiger partial charge in [0, 0.05) is 0 Å². The summed E-state index contributed by atoms with van der Waals surface area (Å²) in [5, 5.41) is 8.91. The molecule has 0 unspecified atom stereocenters. The molecule has 0 saturated carbocycles. The first-order valence-electron chi connectivity index (χ1n) is 5.62. The number of nitrogens with one attached hydrogen (secondary N) is 1. The predicted octanol–water partition coefficient (Wildman–Crippen LogP) is 0.845. The van der Waals surface area contributed by atoms with E-state index in [0.29, 0.717) is 0 Å². The zero-order valence-electron chi connectivity index (χ0n) is 10.9. The number of carbonyl (C=O) groups excluding carboxylic acids is 1. The quantitative estimate of drug-likeness (QED) is 0.713. The molecule has 0 spiro atoms. The lowest BCUT2D eigenvalue weighted by Gasteiger charge is -2.06. The van der Waals surface area contributed by atoms with Crippen molar-refractivity contribution in [1.29, 1.82) is 0 Å². The first kappa shape index (κ1) is 16.4. The number of aryl methyl sites for hydroxylation is 1. The second-order valence-electron chi connectivity index (χ2n) is 3.75. The number of carboxylic acid groups (broad SMARTS) is 1. The van der Waals surface area contributed by atoms with Crippen LogP contribution in [0.3, 0.4) is 0 Å². The Bertz CT molecular complexity index is 607. The van der Waals surface area contributed by atoms with Crippen LogP contribution in [0.5, 0.6) is 0 Å². The lowest BCUT2D eigenvalue weighted by atomic mass is 10.2. The molecule has 0 bridgehead atoms. The number of carbonyl (C=O) groups is 2. The summed E-state index contributed by atoms with van der Waals surface area (Å²) in [6, 6.07) is 0. The lowest BCUT2D eigenvalue weighted by Crippen LogP contribution is -2.20. The van der Waals surface area contributed by atoms with Crippen LogP contribution in [0.15, 0.2) is 0 Å². The van der Waals surface area contributed by atoms with E-state index in [2.05, 4.69) is 13.8 Å². The molecular weight excluding hydrogens is 308 g/mol. The van der Waals surface area contributed by atoms with Crippen LogP contribution in [0.2, 0.25) is 0 Å². The van der Waals surface area contributed by atoms with E-state index in [1.54, 1.807) is 6.92 Å². The molecule has 0 aromatic carbocycles. The van der Waals surface area contributed by atoms with Gasteiger partial charge in [-0.25, -0.2) is 13.2 Å². The van der Waals surface area contributed by atoms with Gasteiger partial charge < -0.3 is 9.84 Å². The van der Waals surface area contributed by atoms with Crippen molar-refractivity contribution in [2.24, 2.45) is 0 Å². The predicted molar refractivity (Wildman–Crippen MR) is 72.5 cm³/mol. The Kier molecular flexibility index (Phi) is 5.45. The van der Waals surface area contributed by atoms with E-state index in [1.807, 2.05) is 0 Å². The average Bonchev–Trinajstić information content (AvgIpc) is 2.68. The zero-order chi connectivity index (χ0) is 15.3. The second-order valence-corrected chi connectivity index (χ2v) is 6.37. The van der Waals surface area contributed by atoms with Crippen molar-refractivity contribution in [3.05, 3.63) is 11.3 Å². The van der Waals surface area contributed by atoms with Gasteiger partial charge in [-0.1, -0.05) is 0 Å². The van der Waals surface area contributed by atoms with E-state index in [4.69, 9.17) is 5.11 Å². The third kappa shape index (κ3) is 4.46. The summed E-state index contributed by atoms with van der Waals surface area (Å²) in [5.41, 5.74) is 0.0419. The Morgan fingerprint density at radius 1 is 1.45 bits per heavy atom. The summed E-state index contributed by atoms with van der Waals surface area (Å²) in [4.78, 5) is 22.1. The summed E-state index contributed by atoms with van der Waals surface area (Å²) in [5.74, 6) is -2.38. The number of aromatic nitrogens is 1. The highest BCUT2D eigenvalue weighted by molar-refractivity contribution is 7.92. The van der Waals surface area contributed by atoms with Crippen LogP contribution in [0.1, 0.15) is 29.4 Å². The van der Waals surface area contributed by atoms with Crippen molar-refractivity contribution in [3.8, 4) is 0 Å². The number of anilines is 1. The van der Waals surface area contributed by atoms with E-state index < -0.39 is 27.7 Å². The summed E-state index contributed by atoms with van der Waals surface area (Å²) in [6.07, 6.45) is -0.302. The Balaban J connectivity index is 2.77. The first-order chi connectivity index (χ1) is 9.26. The molecule has 112 valence electrons. The monoisotopic (exact) mass is 322 g/mol. The van der Waals surface area contributed by atoms with Crippen molar-refractivity contribution in [2.45, 2.75) is 20.3 Å². The number of rotatable bonds is 7. The van der Waals surface area contributed by atoms with Gasteiger partial charge in [0.1, 0.15) is 10.6 Å². The topological polar surface area (TPSA) is 123 Å². The number of ether oxygens (including phenoxy) is 1. The standard InChI is InChI=1S/C10H14N2O6S2/c1-3-18-7(13)4-5-20(16,17)12-9-8(10(14)15)6(2)11-19-9/h12H,3-5H2,1-2H3,(H,14,15). The van der Waals surface area contributed by atoms with E-state index in [0.717, 1.165) is 11.5 Å². The number of nitrogens with zero attached hydrogens (tertiary/aromatic N) is 1. The third-order valence-electron chi connectivity index (χ3n) is 2.21. The van der Waals surface area contributed by atoms with Crippen LogP contribution >= 0.6 is 11.5 Å². The Hall–Kier alpha value is -1.68. The van der Waals surface area contributed by atoms with Gasteiger partial charge in [0.2, 0.25) is 10.0 Å². The molecule has 10 heteroatoms. The van der Waals surface area contributed by atoms with Crippen LogP contribution in [0, 0.1) is 6.92 Å². The smallest absolute Gasteiger partial charge is 0.340 e. The number of aromatic carboxylic acids is 1. The van der Waals surface area contributed by atoms with Crippen molar-refractivity contribution >= 4 is 38.5 Å². The van der Waals surface area contributed by atoms with Crippen LogP contribution in [-0.2, 0) is 19.6 Å². The average molecular weight is 322 g/mol. The van der Waals surface area contributed by atoms with Crippen LogP contribution in [0.25, 0.3) is 0 Å². The Morgan fingerprint density at radius 3 is 2.65 bits per heavy atom. The zero-order valence-corrected chi connectivity index (χ0v) is 12.5. The first-order valence-corrected chi connectivity index (χ1v) is 8.05. The fourth-order valence-electron chi connectivity index (χ4n) is 1.33. The molecule has 0 amide bonds. The van der Waals surface area contributed by atoms with Crippen molar-refractivity contribution in [3.63, 3.8) is 0 Å². The van der Waals surface area contributed by atoms with Crippen LogP contribution in [-0.4, -0.2) is 42.2 Å². The van der Waals surface area contributed by atoms with Gasteiger partial charge >= 0.3 is 11.9 Å². The van der Waals surface area contributed by atoms with Gasteiger partial charge in [-0.3, -0.25) is 9.52 Å². The number of hydrogen-bond acceptors (Lipinski definition) is 7. The van der Waals surface area contributed by atoms with Crippen molar-refractivity contribution in [2.75, 3.05) is 17.1 Å². The van der Waals surface area contributed by atoms with Crippen molar-refractivity contribution in [1.82, 2.24) is 4.37 Å². The highest BCUT2D eigenvalue weighted by atomic mass is 32.2. The maximum atomic E-state index is 11.8. The fourth-order valence-corrected chi connectivity index (χ4v) is 3.43. The minimum absolute atomic E-state index is 0.0705. The summed E-state index contributed by atoms with van der Waals surface area (Å²) in [6.45, 7) is 3.25. The normalized spacial score (nSPS) is 11.1. The molecule has 20 heavy (non-hydrogen) atoms. The molecule has 1 heterocycles. The number of hydrogen-bond donors (Lipinski definition) is 2. The maximum Gasteiger partial charge on any atom is 0.340 e. The molecule has 0 aliphatic carbocycles. The molecule has 0 aliphatic heterocycles. The van der Waals surface area contributed by atoms with Gasteiger partial charge in [0.25, 0.3) is 0 Å². The SMILES string of the molecule is CCOC(=O)CCS(=O)(=O)Nc1snc(C)c1C(=O)O. The molecule has 0 radical (unpaired) electrons. The van der Waals surface area contributed by atoms with Gasteiger partial charge in [-0.15, -0.1) is 0 Å². The number of carboxylic acids is 1. The minimum atomic E-state index is -3.83. The molecular formula is C10H14N2O6S2. The Morgan fingerprint density at radius 2 is 2.10 bits per heavy atom. The van der Waals surface area contributed by atoms with Crippen LogP contribution in [0.4, 0.5) is 5.00 Å². The fraction of sp³-hybridized carbons (Fsp3) is 0.500. The van der Waals surface area contributed by atoms with Gasteiger partial charge in [-0.05, 0) is 25.4 Å². The minimum Gasteiger partial charge on any atom is -0.478 e. The maximum absolute atomic E-state index is 11.8. The molecule has 0 atom stereocenters. The molecule has 1 aromatic heterocycles. The molecule has 8 nitrogen and oxygen atoms in total. The van der Waals surface area contributed by atoms with Crippen molar-refractivity contribution < 1.29 is 27.9 Å². The summed E-state index contributed by atoms with van der Waals surface area (Å²) >= 11 is 0.739.